The van der Waals surface area contributed by atoms with Gasteiger partial charge in [0.15, 0.2) is 0 Å². The van der Waals surface area contributed by atoms with Crippen molar-refractivity contribution in [3.63, 3.8) is 0 Å². The minimum Gasteiger partial charge on any atom is -0.340 e. The molecule has 2 rings (SSSR count). The number of aromatic nitrogens is 2. The van der Waals surface area contributed by atoms with Gasteiger partial charge in [-0.05, 0) is 25.8 Å². The molecule has 1 aliphatic rings. The number of hydrogen-bond donors (Lipinski definition) is 1. The zero-order valence-electron chi connectivity index (χ0n) is 9.03. The molecular weight excluding hydrogens is 174 g/mol. The third-order valence-electron chi connectivity index (χ3n) is 3.23. The highest BCUT2D eigenvalue weighted by Gasteiger charge is 2.26. The molecule has 0 saturated heterocycles. The van der Waals surface area contributed by atoms with E-state index in [1.807, 2.05) is 25.0 Å². The minimum atomic E-state index is 0.457. The molecule has 1 saturated carbocycles. The summed E-state index contributed by atoms with van der Waals surface area (Å²) in [6, 6.07) is 0.457. The Bertz CT molecular complexity index is 286. The zero-order chi connectivity index (χ0) is 9.97. The second kappa shape index (κ2) is 4.13. The predicted octanol–water partition coefficient (Wildman–Crippen LogP) is 1.87. The van der Waals surface area contributed by atoms with Crippen LogP contribution in [0, 0.1) is 5.92 Å². The van der Waals surface area contributed by atoms with Gasteiger partial charge in [0.25, 0.3) is 0 Å². The van der Waals surface area contributed by atoms with Gasteiger partial charge in [0.2, 0.25) is 0 Å². The van der Waals surface area contributed by atoms with Crippen LogP contribution >= 0.6 is 0 Å². The molecule has 3 nitrogen and oxygen atoms in total. The maximum Gasteiger partial charge on any atom is 0.0947 e. The molecular formula is C11H19N3. The second-order valence-electron chi connectivity index (χ2n) is 4.27. The highest BCUT2D eigenvalue weighted by molar-refractivity contribution is 5.05. The first kappa shape index (κ1) is 9.71. The lowest BCUT2D eigenvalue weighted by Crippen LogP contribution is -2.23. The van der Waals surface area contributed by atoms with Crippen molar-refractivity contribution < 1.29 is 0 Å². The smallest absolute Gasteiger partial charge is 0.0947 e. The van der Waals surface area contributed by atoms with Crippen LogP contribution in [0.2, 0.25) is 0 Å². The van der Waals surface area contributed by atoms with Crippen LogP contribution in [0.15, 0.2) is 12.5 Å². The lowest BCUT2D eigenvalue weighted by Gasteiger charge is -2.20. The van der Waals surface area contributed by atoms with Gasteiger partial charge < -0.3 is 9.88 Å². The van der Waals surface area contributed by atoms with Crippen molar-refractivity contribution in [1.29, 1.82) is 0 Å². The molecule has 0 spiro atoms. The van der Waals surface area contributed by atoms with Crippen LogP contribution in [0.4, 0.5) is 0 Å². The molecule has 0 aromatic carbocycles. The lowest BCUT2D eigenvalue weighted by molar-refractivity contribution is 0.383. The van der Waals surface area contributed by atoms with Gasteiger partial charge in [-0.1, -0.05) is 12.8 Å². The first-order valence-electron chi connectivity index (χ1n) is 5.46. The van der Waals surface area contributed by atoms with E-state index in [9.17, 15) is 0 Å². The second-order valence-corrected chi connectivity index (χ2v) is 4.27. The monoisotopic (exact) mass is 193 g/mol. The third-order valence-corrected chi connectivity index (χ3v) is 3.23. The van der Waals surface area contributed by atoms with Gasteiger partial charge in [-0.2, -0.15) is 0 Å². The topological polar surface area (TPSA) is 29.9 Å². The van der Waals surface area contributed by atoms with Gasteiger partial charge in [-0.25, -0.2) is 4.98 Å². The molecule has 0 bridgehead atoms. The molecule has 0 aliphatic heterocycles. The van der Waals surface area contributed by atoms with Crippen molar-refractivity contribution in [2.24, 2.45) is 13.0 Å². The van der Waals surface area contributed by atoms with E-state index in [2.05, 4.69) is 16.5 Å². The van der Waals surface area contributed by atoms with Gasteiger partial charge in [-0.3, -0.25) is 0 Å². The largest absolute Gasteiger partial charge is 0.340 e. The maximum absolute atomic E-state index is 4.43. The molecule has 1 unspecified atom stereocenters. The van der Waals surface area contributed by atoms with Crippen molar-refractivity contribution in [2.45, 2.75) is 31.7 Å². The molecule has 1 aromatic rings. The van der Waals surface area contributed by atoms with E-state index in [0.29, 0.717) is 6.04 Å². The summed E-state index contributed by atoms with van der Waals surface area (Å²) in [6.07, 6.45) is 9.48. The summed E-state index contributed by atoms with van der Waals surface area (Å²) in [5, 5.41) is 3.40. The molecule has 0 amide bonds. The number of nitrogens with zero attached hydrogens (tertiary/aromatic N) is 2. The molecule has 0 radical (unpaired) electrons. The number of nitrogens with one attached hydrogen (secondary N) is 1. The van der Waals surface area contributed by atoms with E-state index < -0.39 is 0 Å². The van der Waals surface area contributed by atoms with Crippen molar-refractivity contribution >= 4 is 0 Å². The van der Waals surface area contributed by atoms with Gasteiger partial charge in [0.05, 0.1) is 18.1 Å². The third kappa shape index (κ3) is 1.82. The molecule has 1 fully saturated rings. The lowest BCUT2D eigenvalue weighted by atomic mass is 9.96. The summed E-state index contributed by atoms with van der Waals surface area (Å²) in [5.74, 6) is 0.787. The quantitative estimate of drug-likeness (QED) is 0.794. The molecule has 78 valence electrons. The summed E-state index contributed by atoms with van der Waals surface area (Å²) >= 11 is 0. The Morgan fingerprint density at radius 3 is 2.71 bits per heavy atom. The van der Waals surface area contributed by atoms with Crippen molar-refractivity contribution in [3.8, 4) is 0 Å². The van der Waals surface area contributed by atoms with Crippen LogP contribution in [0.25, 0.3) is 0 Å². The number of aryl methyl sites for hydroxylation is 1. The first-order chi connectivity index (χ1) is 6.81. The van der Waals surface area contributed by atoms with Gasteiger partial charge in [0, 0.05) is 13.2 Å². The fraction of sp³-hybridized carbons (Fsp3) is 0.727. The molecule has 14 heavy (non-hydrogen) atoms. The van der Waals surface area contributed by atoms with Crippen LogP contribution in [0.1, 0.15) is 37.4 Å². The standard InChI is InChI=1S/C11H19N3/c1-12-11(9-5-3-4-6-9)10-7-14(2)8-13-10/h7-9,11-12H,3-6H2,1-2H3. The summed E-state index contributed by atoms with van der Waals surface area (Å²) in [7, 11) is 4.07. The van der Waals surface area contributed by atoms with E-state index in [1.165, 1.54) is 31.4 Å². The fourth-order valence-electron chi connectivity index (χ4n) is 2.51. The predicted molar refractivity (Wildman–Crippen MR) is 57.0 cm³/mol. The van der Waals surface area contributed by atoms with Crippen LogP contribution in [0.3, 0.4) is 0 Å². The average Bonchev–Trinajstić information content (AvgIpc) is 2.79. The molecule has 1 atom stereocenters. The van der Waals surface area contributed by atoms with E-state index >= 15 is 0 Å². The van der Waals surface area contributed by atoms with E-state index in [0.717, 1.165) is 5.92 Å². The van der Waals surface area contributed by atoms with E-state index in [1.54, 1.807) is 0 Å². The number of imidazole rings is 1. The van der Waals surface area contributed by atoms with Crippen LogP contribution in [-0.4, -0.2) is 16.6 Å². The summed E-state index contributed by atoms with van der Waals surface area (Å²) < 4.78 is 2.02. The van der Waals surface area contributed by atoms with E-state index in [-0.39, 0.29) is 0 Å². The highest BCUT2D eigenvalue weighted by atomic mass is 15.0. The number of rotatable bonds is 3. The Kier molecular flexibility index (Phi) is 2.87. The van der Waals surface area contributed by atoms with Gasteiger partial charge in [0.1, 0.15) is 0 Å². The van der Waals surface area contributed by atoms with Crippen molar-refractivity contribution in [2.75, 3.05) is 7.05 Å². The SMILES string of the molecule is CNC(c1cn(C)cn1)C1CCCC1. The Hall–Kier alpha value is -0.830. The first-order valence-corrected chi connectivity index (χ1v) is 5.46. The summed E-state index contributed by atoms with van der Waals surface area (Å²) in [4.78, 5) is 4.43. The molecule has 1 heterocycles. The van der Waals surface area contributed by atoms with Crippen LogP contribution in [0.5, 0.6) is 0 Å². The Morgan fingerprint density at radius 1 is 1.50 bits per heavy atom. The summed E-state index contributed by atoms with van der Waals surface area (Å²) in [5.41, 5.74) is 1.20. The maximum atomic E-state index is 4.43. The Morgan fingerprint density at radius 2 is 2.21 bits per heavy atom. The molecule has 1 N–H and O–H groups in total. The number of hydrogen-bond acceptors (Lipinski definition) is 2. The average molecular weight is 193 g/mol. The summed E-state index contributed by atoms with van der Waals surface area (Å²) in [6.45, 7) is 0. The van der Waals surface area contributed by atoms with Crippen molar-refractivity contribution in [1.82, 2.24) is 14.9 Å². The van der Waals surface area contributed by atoms with Crippen LogP contribution < -0.4 is 5.32 Å². The van der Waals surface area contributed by atoms with Crippen molar-refractivity contribution in [3.05, 3.63) is 18.2 Å². The fourth-order valence-corrected chi connectivity index (χ4v) is 2.51. The molecule has 3 heteroatoms. The van der Waals surface area contributed by atoms with Crippen LogP contribution in [-0.2, 0) is 7.05 Å². The molecule has 1 aliphatic carbocycles. The highest BCUT2D eigenvalue weighted by Crippen LogP contribution is 2.34. The van der Waals surface area contributed by atoms with E-state index in [4.69, 9.17) is 0 Å². The minimum absolute atomic E-state index is 0.457. The van der Waals surface area contributed by atoms with Gasteiger partial charge >= 0.3 is 0 Å². The van der Waals surface area contributed by atoms with Gasteiger partial charge in [-0.15, -0.1) is 0 Å². The zero-order valence-corrected chi connectivity index (χ0v) is 9.03. The Balaban J connectivity index is 2.12. The Labute approximate surface area is 85.5 Å². The molecule has 1 aromatic heterocycles. The normalized spacial score (nSPS) is 20.1.